The van der Waals surface area contributed by atoms with Crippen molar-refractivity contribution >= 4 is 39.1 Å². The fourth-order valence-electron chi connectivity index (χ4n) is 7.05. The Bertz CT molecular complexity index is 1130. The molecule has 3 heterocycles. The zero-order valence-corrected chi connectivity index (χ0v) is 22.8. The molecule has 0 radical (unpaired) electrons. The maximum atomic E-state index is 14.4. The number of ether oxygens (including phenoxy) is 2. The lowest BCUT2D eigenvalue weighted by atomic mass is 9.55. The van der Waals surface area contributed by atoms with Crippen molar-refractivity contribution in [3.05, 3.63) is 22.8 Å². The van der Waals surface area contributed by atoms with Crippen LogP contribution in [0.15, 0.2) is 6.07 Å². The molecule has 0 aromatic heterocycles. The van der Waals surface area contributed by atoms with Crippen molar-refractivity contribution < 1.29 is 29.3 Å². The number of rotatable bonds is 2. The molecule has 6 atom stereocenters. The summed E-state index contributed by atoms with van der Waals surface area (Å²) in [5.74, 6) is -1.77. The number of benzene rings is 1. The monoisotopic (exact) mass is 554 g/mol. The Morgan fingerprint density at radius 3 is 2.38 bits per heavy atom. The third kappa shape index (κ3) is 2.81. The number of carbonyl (C=O) groups excluding carboxylic acids is 2. The Kier molecular flexibility index (Phi) is 5.05. The Hall–Kier alpha value is -1.15. The van der Waals surface area contributed by atoms with Crippen molar-refractivity contribution in [1.29, 1.82) is 0 Å². The summed E-state index contributed by atoms with van der Waals surface area (Å²) in [7, 11) is 0. The summed E-state index contributed by atoms with van der Waals surface area (Å²) < 4.78 is 13.1. The van der Waals surface area contributed by atoms with Gasteiger partial charge in [0.15, 0.2) is 17.2 Å². The van der Waals surface area contributed by atoms with Gasteiger partial charge in [0.25, 0.3) is 0 Å². The molecule has 34 heavy (non-hydrogen) atoms. The third-order valence-corrected chi connectivity index (χ3v) is 11.3. The van der Waals surface area contributed by atoms with Crippen LogP contribution in [0.25, 0.3) is 0 Å². The Balaban J connectivity index is 1.75. The average molecular weight is 556 g/mol. The number of alkyl halides is 2. The van der Waals surface area contributed by atoms with Crippen LogP contribution < -0.4 is 0 Å². The van der Waals surface area contributed by atoms with Gasteiger partial charge >= 0.3 is 0 Å². The van der Waals surface area contributed by atoms with Crippen molar-refractivity contribution in [2.75, 3.05) is 0 Å². The Morgan fingerprint density at radius 1 is 1.15 bits per heavy atom. The lowest BCUT2D eigenvalue weighted by Crippen LogP contribution is -2.73. The molecule has 3 aliphatic heterocycles. The van der Waals surface area contributed by atoms with Crippen LogP contribution in [0.5, 0.6) is 11.5 Å². The van der Waals surface area contributed by atoms with E-state index in [0.29, 0.717) is 0 Å². The van der Waals surface area contributed by atoms with Crippen molar-refractivity contribution in [3.63, 3.8) is 0 Å². The maximum absolute atomic E-state index is 14.4. The predicted molar refractivity (Wildman–Crippen MR) is 131 cm³/mol. The highest BCUT2D eigenvalue weighted by atomic mass is 79.9. The first-order chi connectivity index (χ1) is 15.5. The van der Waals surface area contributed by atoms with E-state index in [2.05, 4.69) is 36.7 Å². The number of ketones is 2. The summed E-state index contributed by atoms with van der Waals surface area (Å²) in [6.45, 7) is 11.6. The van der Waals surface area contributed by atoms with Gasteiger partial charge in [-0.2, -0.15) is 0 Å². The number of aromatic hydroxyl groups is 2. The lowest BCUT2D eigenvalue weighted by Gasteiger charge is -2.58. The van der Waals surface area contributed by atoms with E-state index in [0.717, 1.165) is 12.8 Å². The summed E-state index contributed by atoms with van der Waals surface area (Å²) in [5, 5.41) is 21.2. The summed E-state index contributed by atoms with van der Waals surface area (Å²) in [4.78, 5) is 26.5. The molecule has 0 saturated carbocycles. The van der Waals surface area contributed by atoms with Crippen molar-refractivity contribution in [3.8, 4) is 11.5 Å². The van der Waals surface area contributed by atoms with Gasteiger partial charge in [0, 0.05) is 16.0 Å². The first kappa shape index (κ1) is 24.5. The highest BCUT2D eigenvalue weighted by molar-refractivity contribution is 9.09. The number of hydrogen-bond acceptors (Lipinski definition) is 6. The van der Waals surface area contributed by atoms with E-state index in [4.69, 9.17) is 21.1 Å². The number of phenolic OH excluding ortho intramolecular Hbond substituents is 2. The van der Waals surface area contributed by atoms with Crippen LogP contribution in [0.3, 0.4) is 0 Å². The molecule has 3 fully saturated rings. The molecule has 5 rings (SSSR count). The summed E-state index contributed by atoms with van der Waals surface area (Å²) in [6.07, 6.45) is 2.23. The van der Waals surface area contributed by atoms with E-state index in [1.165, 1.54) is 13.0 Å². The van der Waals surface area contributed by atoms with Crippen LogP contribution in [-0.4, -0.2) is 54.4 Å². The van der Waals surface area contributed by atoms with Gasteiger partial charge in [-0.15, -0.1) is 11.6 Å². The molecule has 1 aromatic carbocycles. The lowest BCUT2D eigenvalue weighted by molar-refractivity contribution is -0.172. The van der Waals surface area contributed by atoms with Crippen LogP contribution in [0.2, 0.25) is 0 Å². The van der Waals surface area contributed by atoms with E-state index in [1.54, 1.807) is 0 Å². The molecule has 0 amide bonds. The average Bonchev–Trinajstić information content (AvgIpc) is 3.22. The van der Waals surface area contributed by atoms with Crippen LogP contribution >= 0.6 is 27.5 Å². The first-order valence-electron chi connectivity index (χ1n) is 11.9. The van der Waals surface area contributed by atoms with Crippen LogP contribution in [0.1, 0.15) is 86.6 Å². The summed E-state index contributed by atoms with van der Waals surface area (Å²) in [6, 6.07) is 1.27. The SMILES string of the molecule is Cc1c(O)cc2c(c1O)C(=O)[C@@]1(Cl)C[C@@H](Br)C(C)(C)O[C@@]1(C[C@H]1C(C)(C)[C@@H]3CC[C@]1(C)O3)C2=O. The molecule has 8 heteroatoms. The molecule has 0 spiro atoms. The molecule has 0 unspecified atom stereocenters. The van der Waals surface area contributed by atoms with Crippen molar-refractivity contribution in [2.24, 2.45) is 11.3 Å². The van der Waals surface area contributed by atoms with E-state index in [1.807, 2.05) is 13.8 Å². The number of fused-ring (bicyclic) bond motifs is 4. The Morgan fingerprint density at radius 2 is 1.79 bits per heavy atom. The molecular formula is C26H32BrClO6. The van der Waals surface area contributed by atoms with E-state index < -0.39 is 39.0 Å². The van der Waals surface area contributed by atoms with Crippen molar-refractivity contribution in [1.82, 2.24) is 0 Å². The number of halogens is 2. The van der Waals surface area contributed by atoms with Crippen molar-refractivity contribution in [2.45, 2.75) is 99.8 Å². The highest BCUT2D eigenvalue weighted by Crippen LogP contribution is 2.64. The Labute approximate surface area is 213 Å². The van der Waals surface area contributed by atoms with Crippen LogP contribution in [0.4, 0.5) is 0 Å². The standard InChI is InChI=1S/C26H32BrClO6/c1-12-14(29)9-13-18(19(12)30)21(32)25(28)11-16(27)23(4,5)34-26(25,20(13)31)10-15-22(2,3)17-7-8-24(15,6)33-17/h9,15-17,29-30H,7-8,10-11H2,1-6H3/t15-,16+,17-,24-,25-,26-/m0/s1. The highest BCUT2D eigenvalue weighted by Gasteiger charge is 2.73. The number of carbonyl (C=O) groups is 2. The first-order valence-corrected chi connectivity index (χ1v) is 13.2. The second-order valence-corrected chi connectivity index (χ2v) is 13.7. The van der Waals surface area contributed by atoms with Crippen LogP contribution in [0, 0.1) is 18.3 Å². The zero-order chi connectivity index (χ0) is 25.2. The second kappa shape index (κ2) is 6.99. The van der Waals surface area contributed by atoms with E-state index in [9.17, 15) is 19.8 Å². The largest absolute Gasteiger partial charge is 0.508 e. The summed E-state index contributed by atoms with van der Waals surface area (Å²) >= 11 is 10.9. The summed E-state index contributed by atoms with van der Waals surface area (Å²) in [5.41, 5.74) is -3.24. The normalized spacial score (nSPS) is 41.9. The smallest absolute Gasteiger partial charge is 0.197 e. The fourth-order valence-corrected chi connectivity index (χ4v) is 8.26. The molecule has 4 aliphatic rings. The zero-order valence-electron chi connectivity index (χ0n) is 20.4. The minimum Gasteiger partial charge on any atom is -0.508 e. The molecule has 1 aliphatic carbocycles. The van der Waals surface area contributed by atoms with Gasteiger partial charge in [0.1, 0.15) is 16.4 Å². The molecular weight excluding hydrogens is 524 g/mol. The third-order valence-electron chi connectivity index (χ3n) is 9.29. The second-order valence-electron chi connectivity index (χ2n) is 12.0. The minimum atomic E-state index is -1.73. The van der Waals surface area contributed by atoms with Crippen LogP contribution in [-0.2, 0) is 9.47 Å². The topological polar surface area (TPSA) is 93.1 Å². The van der Waals surface area contributed by atoms with Gasteiger partial charge in [0.2, 0.25) is 0 Å². The number of Topliss-reactive ketones (excluding diaryl/α,β-unsaturated/α-hetero) is 2. The maximum Gasteiger partial charge on any atom is 0.197 e. The van der Waals surface area contributed by atoms with E-state index >= 15 is 0 Å². The predicted octanol–water partition coefficient (Wildman–Crippen LogP) is 5.45. The molecule has 1 aromatic rings. The fraction of sp³-hybridized carbons (Fsp3) is 0.692. The quantitative estimate of drug-likeness (QED) is 0.472. The van der Waals surface area contributed by atoms with Gasteiger partial charge < -0.3 is 19.7 Å². The van der Waals surface area contributed by atoms with Gasteiger partial charge in [-0.05, 0) is 70.8 Å². The molecule has 186 valence electrons. The number of phenols is 2. The van der Waals surface area contributed by atoms with Gasteiger partial charge in [-0.1, -0.05) is 29.8 Å². The number of hydrogen-bond donors (Lipinski definition) is 2. The van der Waals surface area contributed by atoms with Gasteiger partial charge in [-0.3, -0.25) is 9.59 Å². The molecule has 6 nitrogen and oxygen atoms in total. The van der Waals surface area contributed by atoms with Gasteiger partial charge in [0.05, 0.1) is 22.9 Å². The van der Waals surface area contributed by atoms with Gasteiger partial charge in [-0.25, -0.2) is 0 Å². The molecule has 3 saturated heterocycles. The molecule has 2 bridgehead atoms. The molecule has 2 N–H and O–H groups in total. The van der Waals surface area contributed by atoms with E-state index in [-0.39, 0.29) is 57.5 Å². The minimum absolute atomic E-state index is 0.0438.